The van der Waals surface area contributed by atoms with Gasteiger partial charge in [0.25, 0.3) is 0 Å². The van der Waals surface area contributed by atoms with Crippen LogP contribution in [0.3, 0.4) is 0 Å². The first-order valence-electron chi connectivity index (χ1n) is 5.05. The molecule has 78 valence electrons. The second kappa shape index (κ2) is 7.13. The summed E-state index contributed by atoms with van der Waals surface area (Å²) in [5, 5.41) is 0. The lowest BCUT2D eigenvalue weighted by Gasteiger charge is -2.00. The maximum Gasteiger partial charge on any atom is 0.164 e. The van der Waals surface area contributed by atoms with Gasteiger partial charge in [0.05, 0.1) is 0 Å². The molecule has 2 nitrogen and oxygen atoms in total. The van der Waals surface area contributed by atoms with Crippen molar-refractivity contribution in [1.29, 1.82) is 0 Å². The van der Waals surface area contributed by atoms with Crippen molar-refractivity contribution in [3.63, 3.8) is 0 Å². The minimum absolute atomic E-state index is 0.100. The molecule has 1 aromatic rings. The normalized spacial score (nSPS) is 8.79. The predicted octanol–water partition coefficient (Wildman–Crippen LogP) is 3.28. The number of ketones is 1. The maximum absolute atomic E-state index is 11.2. The van der Waals surface area contributed by atoms with Gasteiger partial charge in [0.1, 0.15) is 0 Å². The topological polar surface area (TPSA) is 43.1 Å². The van der Waals surface area contributed by atoms with Gasteiger partial charge in [-0.05, 0) is 12.1 Å². The molecule has 1 rings (SSSR count). The Morgan fingerprint density at radius 1 is 1.21 bits per heavy atom. The highest BCUT2D eigenvalue weighted by molar-refractivity contribution is 6.00. The van der Waals surface area contributed by atoms with Crippen LogP contribution < -0.4 is 5.73 Å². The molecule has 0 fully saturated rings. The summed E-state index contributed by atoms with van der Waals surface area (Å²) >= 11 is 0. The third kappa shape index (κ3) is 4.08. The number of hydrogen-bond acceptors (Lipinski definition) is 2. The smallest absolute Gasteiger partial charge is 0.164 e. The average molecular weight is 193 g/mol. The summed E-state index contributed by atoms with van der Waals surface area (Å²) in [6, 6.07) is 7.13. The number of nitrogen functional groups attached to an aromatic ring is 1. The second-order valence-electron chi connectivity index (χ2n) is 3.07. The molecule has 0 heterocycles. The molecule has 0 aliphatic carbocycles. The highest BCUT2D eigenvalue weighted by Crippen LogP contribution is 2.11. The van der Waals surface area contributed by atoms with Gasteiger partial charge in [-0.2, -0.15) is 0 Å². The average Bonchev–Trinajstić information content (AvgIpc) is 2.19. The Morgan fingerprint density at radius 3 is 2.14 bits per heavy atom. The van der Waals surface area contributed by atoms with Gasteiger partial charge in [0.2, 0.25) is 0 Å². The van der Waals surface area contributed by atoms with Crippen LogP contribution in [0.5, 0.6) is 0 Å². The van der Waals surface area contributed by atoms with E-state index in [9.17, 15) is 4.79 Å². The fraction of sp³-hybridized carbons (Fsp3) is 0.417. The quantitative estimate of drug-likeness (QED) is 0.578. The van der Waals surface area contributed by atoms with Gasteiger partial charge in [0.15, 0.2) is 5.78 Å². The van der Waals surface area contributed by atoms with Crippen molar-refractivity contribution in [3.8, 4) is 0 Å². The minimum atomic E-state index is 0.100. The third-order valence-electron chi connectivity index (χ3n) is 1.58. The first-order valence-corrected chi connectivity index (χ1v) is 5.05. The number of anilines is 1. The van der Waals surface area contributed by atoms with E-state index in [2.05, 4.69) is 13.8 Å². The lowest BCUT2D eigenvalue weighted by atomic mass is 10.1. The number of carbonyl (C=O) groups is 1. The Morgan fingerprint density at radius 2 is 1.71 bits per heavy atom. The van der Waals surface area contributed by atoms with Gasteiger partial charge in [0, 0.05) is 17.7 Å². The van der Waals surface area contributed by atoms with Crippen LogP contribution in [0.2, 0.25) is 0 Å². The first kappa shape index (κ1) is 12.7. The molecule has 0 atom stereocenters. The second-order valence-corrected chi connectivity index (χ2v) is 3.07. The van der Waals surface area contributed by atoms with E-state index in [-0.39, 0.29) is 5.78 Å². The molecule has 0 saturated heterocycles. The van der Waals surface area contributed by atoms with Crippen molar-refractivity contribution >= 4 is 11.5 Å². The monoisotopic (exact) mass is 193 g/mol. The summed E-state index contributed by atoms with van der Waals surface area (Å²) in [6.07, 6.45) is 1.76. The van der Waals surface area contributed by atoms with Gasteiger partial charge in [-0.15, -0.1) is 0 Å². The maximum atomic E-state index is 11.2. The fourth-order valence-electron chi connectivity index (χ4n) is 0.941. The first-order chi connectivity index (χ1) is 6.67. The van der Waals surface area contributed by atoms with Crippen LogP contribution in [-0.4, -0.2) is 5.78 Å². The number of hydrogen-bond donors (Lipinski definition) is 1. The number of carbonyl (C=O) groups excluding carboxylic acids is 1. The van der Waals surface area contributed by atoms with Crippen LogP contribution in [0.4, 0.5) is 5.69 Å². The Kier molecular flexibility index (Phi) is 6.46. The summed E-state index contributed by atoms with van der Waals surface area (Å²) < 4.78 is 0. The number of benzene rings is 1. The number of para-hydroxylation sites is 1. The van der Waals surface area contributed by atoms with E-state index in [0.29, 0.717) is 17.7 Å². The standard InChI is InChI=1S/C9H11NO.C3H8/c1-2-9(11)7-5-3-4-6-8(7)10;1-3-2/h3-6H,2,10H2,1H3;3H2,1-2H3. The molecule has 0 aromatic heterocycles. The Hall–Kier alpha value is -1.31. The zero-order valence-electron chi connectivity index (χ0n) is 9.21. The summed E-state index contributed by atoms with van der Waals surface area (Å²) in [7, 11) is 0. The lowest BCUT2D eigenvalue weighted by Crippen LogP contribution is -2.01. The largest absolute Gasteiger partial charge is 0.398 e. The highest BCUT2D eigenvalue weighted by atomic mass is 16.1. The zero-order valence-corrected chi connectivity index (χ0v) is 9.21. The van der Waals surface area contributed by atoms with Crippen LogP contribution in [0.1, 0.15) is 44.0 Å². The fourth-order valence-corrected chi connectivity index (χ4v) is 0.941. The number of rotatable bonds is 2. The molecule has 1 aromatic carbocycles. The van der Waals surface area contributed by atoms with Crippen molar-refractivity contribution in [2.75, 3.05) is 5.73 Å². The predicted molar refractivity (Wildman–Crippen MR) is 61.4 cm³/mol. The lowest BCUT2D eigenvalue weighted by molar-refractivity contribution is 0.0989. The number of Topliss-reactive ketones (excluding diaryl/α,β-unsaturated/α-hetero) is 1. The molecule has 0 radical (unpaired) electrons. The van der Waals surface area contributed by atoms with Crippen molar-refractivity contribution in [1.82, 2.24) is 0 Å². The van der Waals surface area contributed by atoms with E-state index in [0.717, 1.165) is 0 Å². The van der Waals surface area contributed by atoms with Crippen molar-refractivity contribution in [2.45, 2.75) is 33.6 Å². The summed E-state index contributed by atoms with van der Waals surface area (Å²) in [6.45, 7) is 6.08. The Balaban J connectivity index is 0.000000500. The molecule has 0 aliphatic rings. The molecule has 0 unspecified atom stereocenters. The van der Waals surface area contributed by atoms with Gasteiger partial charge in [-0.1, -0.05) is 39.3 Å². The molecule has 14 heavy (non-hydrogen) atoms. The molecule has 0 saturated carbocycles. The van der Waals surface area contributed by atoms with E-state index in [1.165, 1.54) is 6.42 Å². The molecular weight excluding hydrogens is 174 g/mol. The summed E-state index contributed by atoms with van der Waals surface area (Å²) in [5.74, 6) is 0.100. The van der Waals surface area contributed by atoms with Crippen LogP contribution in [0, 0.1) is 0 Å². The van der Waals surface area contributed by atoms with Gasteiger partial charge >= 0.3 is 0 Å². The summed E-state index contributed by atoms with van der Waals surface area (Å²) in [5.41, 5.74) is 6.78. The minimum Gasteiger partial charge on any atom is -0.398 e. The molecular formula is C12H19NO. The molecule has 2 N–H and O–H groups in total. The van der Waals surface area contributed by atoms with Crippen molar-refractivity contribution < 1.29 is 4.79 Å². The summed E-state index contributed by atoms with van der Waals surface area (Å²) in [4.78, 5) is 11.2. The highest BCUT2D eigenvalue weighted by Gasteiger charge is 2.04. The van der Waals surface area contributed by atoms with Crippen LogP contribution in [-0.2, 0) is 0 Å². The van der Waals surface area contributed by atoms with Crippen LogP contribution in [0.15, 0.2) is 24.3 Å². The van der Waals surface area contributed by atoms with Crippen molar-refractivity contribution in [2.24, 2.45) is 0 Å². The molecule has 2 heteroatoms. The molecule has 0 aliphatic heterocycles. The molecule has 0 amide bonds. The van der Waals surface area contributed by atoms with Gasteiger partial charge in [-0.25, -0.2) is 0 Å². The van der Waals surface area contributed by atoms with Crippen LogP contribution >= 0.6 is 0 Å². The number of nitrogens with two attached hydrogens (primary N) is 1. The molecule has 0 spiro atoms. The zero-order chi connectivity index (χ0) is 11.0. The van der Waals surface area contributed by atoms with Gasteiger partial charge in [-0.3, -0.25) is 4.79 Å². The van der Waals surface area contributed by atoms with E-state index < -0.39 is 0 Å². The van der Waals surface area contributed by atoms with E-state index in [1.54, 1.807) is 12.1 Å². The van der Waals surface area contributed by atoms with E-state index in [4.69, 9.17) is 5.73 Å². The third-order valence-corrected chi connectivity index (χ3v) is 1.58. The van der Waals surface area contributed by atoms with E-state index >= 15 is 0 Å². The Bertz CT molecular complexity index is 281. The van der Waals surface area contributed by atoms with Gasteiger partial charge < -0.3 is 5.73 Å². The SMILES string of the molecule is CCC.CCC(=O)c1ccccc1N. The van der Waals surface area contributed by atoms with Crippen molar-refractivity contribution in [3.05, 3.63) is 29.8 Å². The van der Waals surface area contributed by atoms with E-state index in [1.807, 2.05) is 19.1 Å². The molecule has 0 bridgehead atoms. The Labute approximate surface area is 86.1 Å². The van der Waals surface area contributed by atoms with Crippen LogP contribution in [0.25, 0.3) is 0 Å².